The molecule has 3 rings (SSSR count). The number of benzene rings is 1. The van der Waals surface area contributed by atoms with E-state index in [4.69, 9.17) is 19.5 Å². The maximum Gasteiger partial charge on any atom is 0.338 e. The third-order valence-electron chi connectivity index (χ3n) is 3.49. The molecule has 6 nitrogen and oxygen atoms in total. The molecule has 4 atom stereocenters. The van der Waals surface area contributed by atoms with Gasteiger partial charge in [0.25, 0.3) is 0 Å². The normalized spacial score (nSPS) is 31.6. The van der Waals surface area contributed by atoms with Crippen LogP contribution >= 0.6 is 0 Å². The van der Waals surface area contributed by atoms with Gasteiger partial charge in [0.15, 0.2) is 6.10 Å². The van der Waals surface area contributed by atoms with Gasteiger partial charge in [-0.3, -0.25) is 0 Å². The average Bonchev–Trinajstić information content (AvgIpc) is 3.03. The summed E-state index contributed by atoms with van der Waals surface area (Å²) in [5, 5.41) is 18.3. The standard InChI is InChI=1S/C14H13NO5/c15-5-8-1-3-9(4-2-8)14(17)20-11-7-19-12-10(16)6-18-13(11)12/h1-4,10-13,16H,6-7H2/t10-,11+,12?,13?/m0/s1. The van der Waals surface area contributed by atoms with Crippen molar-refractivity contribution in [2.45, 2.75) is 24.4 Å². The molecule has 0 aliphatic carbocycles. The van der Waals surface area contributed by atoms with Crippen LogP contribution in [0, 0.1) is 11.3 Å². The number of aliphatic hydroxyl groups excluding tert-OH is 1. The molecule has 104 valence electrons. The van der Waals surface area contributed by atoms with E-state index in [1.807, 2.05) is 6.07 Å². The van der Waals surface area contributed by atoms with Gasteiger partial charge in [-0.1, -0.05) is 0 Å². The van der Waals surface area contributed by atoms with Crippen LogP contribution in [0.3, 0.4) is 0 Å². The summed E-state index contributed by atoms with van der Waals surface area (Å²) in [4.78, 5) is 12.0. The van der Waals surface area contributed by atoms with Crippen molar-refractivity contribution in [3.8, 4) is 6.07 Å². The van der Waals surface area contributed by atoms with Crippen LogP contribution in [0.1, 0.15) is 15.9 Å². The first-order valence-corrected chi connectivity index (χ1v) is 6.31. The summed E-state index contributed by atoms with van der Waals surface area (Å²) in [6, 6.07) is 8.17. The Morgan fingerprint density at radius 3 is 2.65 bits per heavy atom. The van der Waals surface area contributed by atoms with E-state index in [1.54, 1.807) is 24.3 Å². The number of aliphatic hydroxyl groups is 1. The van der Waals surface area contributed by atoms with E-state index >= 15 is 0 Å². The van der Waals surface area contributed by atoms with Gasteiger partial charge in [-0.25, -0.2) is 4.79 Å². The molecule has 2 fully saturated rings. The quantitative estimate of drug-likeness (QED) is 0.778. The van der Waals surface area contributed by atoms with Crippen LogP contribution in [0.5, 0.6) is 0 Å². The summed E-state index contributed by atoms with van der Waals surface area (Å²) in [6.07, 6.45) is -2.01. The number of nitrogens with zero attached hydrogens (tertiary/aromatic N) is 1. The Morgan fingerprint density at radius 1 is 1.25 bits per heavy atom. The molecule has 0 bridgehead atoms. The number of rotatable bonds is 2. The zero-order valence-corrected chi connectivity index (χ0v) is 10.6. The van der Waals surface area contributed by atoms with E-state index in [-0.39, 0.29) is 13.2 Å². The second-order valence-corrected chi connectivity index (χ2v) is 4.80. The largest absolute Gasteiger partial charge is 0.453 e. The number of nitriles is 1. The fourth-order valence-electron chi connectivity index (χ4n) is 2.43. The molecule has 2 aliphatic heterocycles. The van der Waals surface area contributed by atoms with Crippen molar-refractivity contribution < 1.29 is 24.1 Å². The minimum atomic E-state index is -0.668. The molecule has 1 aromatic carbocycles. The average molecular weight is 275 g/mol. The van der Waals surface area contributed by atoms with E-state index in [0.29, 0.717) is 11.1 Å². The van der Waals surface area contributed by atoms with Crippen LogP contribution in [0.2, 0.25) is 0 Å². The number of ether oxygens (including phenoxy) is 3. The minimum absolute atomic E-state index is 0.195. The lowest BCUT2D eigenvalue weighted by atomic mass is 10.1. The molecule has 2 aliphatic rings. The molecule has 0 spiro atoms. The van der Waals surface area contributed by atoms with Gasteiger partial charge in [0.05, 0.1) is 30.4 Å². The van der Waals surface area contributed by atoms with Crippen LogP contribution in [-0.2, 0) is 14.2 Å². The Balaban J connectivity index is 1.66. The van der Waals surface area contributed by atoms with E-state index < -0.39 is 30.4 Å². The van der Waals surface area contributed by atoms with Crippen molar-refractivity contribution in [1.29, 1.82) is 5.26 Å². The Hall–Kier alpha value is -1.94. The van der Waals surface area contributed by atoms with Crippen molar-refractivity contribution in [3.63, 3.8) is 0 Å². The Morgan fingerprint density at radius 2 is 1.95 bits per heavy atom. The Bertz CT molecular complexity index is 550. The highest BCUT2D eigenvalue weighted by Crippen LogP contribution is 2.29. The highest BCUT2D eigenvalue weighted by molar-refractivity contribution is 5.89. The van der Waals surface area contributed by atoms with E-state index in [2.05, 4.69) is 0 Å². The third kappa shape index (κ3) is 2.27. The molecule has 0 saturated carbocycles. The first-order chi connectivity index (χ1) is 9.69. The van der Waals surface area contributed by atoms with Gasteiger partial charge >= 0.3 is 5.97 Å². The van der Waals surface area contributed by atoms with Gasteiger partial charge in [-0.05, 0) is 24.3 Å². The maximum atomic E-state index is 12.0. The summed E-state index contributed by atoms with van der Waals surface area (Å²) in [5.41, 5.74) is 0.846. The molecule has 2 heterocycles. The Kier molecular flexibility index (Phi) is 3.40. The SMILES string of the molecule is N#Cc1ccc(C(=O)O[C@@H]2COC3C2OC[C@@H]3O)cc1. The second-order valence-electron chi connectivity index (χ2n) is 4.80. The van der Waals surface area contributed by atoms with E-state index in [9.17, 15) is 9.90 Å². The predicted molar refractivity (Wildman–Crippen MR) is 65.8 cm³/mol. The van der Waals surface area contributed by atoms with Crippen LogP contribution in [0.15, 0.2) is 24.3 Å². The smallest absolute Gasteiger partial charge is 0.338 e. The summed E-state index contributed by atoms with van der Waals surface area (Å²) >= 11 is 0. The number of carbonyl (C=O) groups is 1. The van der Waals surface area contributed by atoms with Crippen LogP contribution < -0.4 is 0 Å². The van der Waals surface area contributed by atoms with Crippen LogP contribution in [0.4, 0.5) is 0 Å². The molecular weight excluding hydrogens is 262 g/mol. The van der Waals surface area contributed by atoms with Crippen molar-refractivity contribution >= 4 is 5.97 Å². The van der Waals surface area contributed by atoms with E-state index in [0.717, 1.165) is 0 Å². The van der Waals surface area contributed by atoms with Crippen molar-refractivity contribution in [2.75, 3.05) is 13.2 Å². The predicted octanol–water partition coefficient (Wildman–Crippen LogP) is 0.242. The first-order valence-electron chi connectivity index (χ1n) is 6.31. The van der Waals surface area contributed by atoms with E-state index in [1.165, 1.54) is 0 Å². The lowest BCUT2D eigenvalue weighted by Crippen LogP contribution is -2.34. The highest BCUT2D eigenvalue weighted by atomic mass is 16.6. The van der Waals surface area contributed by atoms with Crippen molar-refractivity contribution in [1.82, 2.24) is 0 Å². The number of fused-ring (bicyclic) bond motifs is 1. The molecule has 2 saturated heterocycles. The van der Waals surface area contributed by atoms with Gasteiger partial charge in [0.2, 0.25) is 0 Å². The molecule has 0 radical (unpaired) electrons. The van der Waals surface area contributed by atoms with Gasteiger partial charge in [-0.15, -0.1) is 0 Å². The molecule has 6 heteroatoms. The topological polar surface area (TPSA) is 88.8 Å². The molecule has 1 aromatic rings. The van der Waals surface area contributed by atoms with Crippen LogP contribution in [0.25, 0.3) is 0 Å². The molecule has 20 heavy (non-hydrogen) atoms. The monoisotopic (exact) mass is 275 g/mol. The minimum Gasteiger partial charge on any atom is -0.453 e. The number of hydrogen-bond acceptors (Lipinski definition) is 6. The molecule has 0 aromatic heterocycles. The van der Waals surface area contributed by atoms with Gasteiger partial charge in [-0.2, -0.15) is 5.26 Å². The van der Waals surface area contributed by atoms with Gasteiger partial charge in [0.1, 0.15) is 18.3 Å². The summed E-state index contributed by atoms with van der Waals surface area (Å²) in [6.45, 7) is 0.411. The molecule has 2 unspecified atom stereocenters. The van der Waals surface area contributed by atoms with Gasteiger partial charge < -0.3 is 19.3 Å². The lowest BCUT2D eigenvalue weighted by Gasteiger charge is -2.16. The molecule has 0 amide bonds. The van der Waals surface area contributed by atoms with Crippen molar-refractivity contribution in [3.05, 3.63) is 35.4 Å². The second kappa shape index (κ2) is 5.21. The number of hydrogen-bond donors (Lipinski definition) is 1. The fourth-order valence-corrected chi connectivity index (χ4v) is 2.43. The molecular formula is C14H13NO5. The molecule has 1 N–H and O–H groups in total. The first kappa shape index (κ1) is 13.1. The maximum absolute atomic E-state index is 12.0. The third-order valence-corrected chi connectivity index (χ3v) is 3.49. The zero-order valence-electron chi connectivity index (χ0n) is 10.6. The zero-order chi connectivity index (χ0) is 14.1. The van der Waals surface area contributed by atoms with Crippen molar-refractivity contribution in [2.24, 2.45) is 0 Å². The highest BCUT2D eigenvalue weighted by Gasteiger charge is 2.48. The summed E-state index contributed by atoms with van der Waals surface area (Å²) in [5.74, 6) is -0.492. The fraction of sp³-hybridized carbons (Fsp3) is 0.429. The lowest BCUT2D eigenvalue weighted by molar-refractivity contribution is -0.0209. The Labute approximate surface area is 115 Å². The summed E-state index contributed by atoms with van der Waals surface area (Å²) in [7, 11) is 0. The number of esters is 1. The number of carbonyl (C=O) groups excluding carboxylic acids is 1. The van der Waals surface area contributed by atoms with Crippen LogP contribution in [-0.4, -0.2) is 48.7 Å². The van der Waals surface area contributed by atoms with Gasteiger partial charge in [0, 0.05) is 0 Å². The summed E-state index contributed by atoms with van der Waals surface area (Å²) < 4.78 is 16.1.